The quantitative estimate of drug-likeness (QED) is 0.456. The topological polar surface area (TPSA) is 57.6 Å². The first-order valence-electron chi connectivity index (χ1n) is 3.18. The zero-order valence-corrected chi connectivity index (χ0v) is 6.13. The molecule has 2 amide bonds. The summed E-state index contributed by atoms with van der Waals surface area (Å²) in [6.07, 6.45) is 0.282. The summed E-state index contributed by atoms with van der Waals surface area (Å²) in [4.78, 5) is 21.1. The molecule has 0 spiro atoms. The first-order valence-corrected chi connectivity index (χ1v) is 3.18. The van der Waals surface area contributed by atoms with Crippen LogP contribution in [-0.2, 0) is 9.59 Å². The minimum atomic E-state index is -0.563. The van der Waals surface area contributed by atoms with Crippen molar-refractivity contribution in [2.24, 2.45) is 0 Å². The normalized spacial score (nSPS) is 9.10. The van der Waals surface area contributed by atoms with E-state index >= 15 is 0 Å². The average molecular weight is 145 g/mol. The number of amides is 2. The van der Waals surface area contributed by atoms with Crippen LogP contribution in [0.4, 0.5) is 0 Å². The maximum absolute atomic E-state index is 10.6. The Morgan fingerprint density at radius 2 is 1.50 bits per heavy atom. The highest BCUT2D eigenvalue weighted by Crippen LogP contribution is 1.92. The van der Waals surface area contributed by atoms with Gasteiger partial charge in [0.25, 0.3) is 11.8 Å². The molecule has 0 aliphatic rings. The number of hydrogen-bond donors (Lipinski definition) is 1. The van der Waals surface area contributed by atoms with Gasteiger partial charge < -0.3 is 0 Å². The molecule has 0 radical (unpaired) electrons. The van der Waals surface area contributed by atoms with Gasteiger partial charge in [-0.2, -0.15) is 5.06 Å². The van der Waals surface area contributed by atoms with Crippen molar-refractivity contribution >= 4 is 11.8 Å². The van der Waals surface area contributed by atoms with E-state index < -0.39 is 11.8 Å². The van der Waals surface area contributed by atoms with E-state index in [9.17, 15) is 9.59 Å². The predicted molar refractivity (Wildman–Crippen MR) is 34.2 cm³/mol. The van der Waals surface area contributed by atoms with Crippen LogP contribution in [0.15, 0.2) is 0 Å². The third-order valence-corrected chi connectivity index (χ3v) is 1.08. The number of carbonyl (C=O) groups is 2. The van der Waals surface area contributed by atoms with Crippen LogP contribution in [0.1, 0.15) is 26.7 Å². The Morgan fingerprint density at radius 1 is 1.20 bits per heavy atom. The summed E-state index contributed by atoms with van der Waals surface area (Å²) in [6, 6.07) is 0. The van der Waals surface area contributed by atoms with E-state index in [4.69, 9.17) is 5.21 Å². The first-order chi connectivity index (χ1) is 4.63. The second-order valence-corrected chi connectivity index (χ2v) is 1.81. The molecule has 0 aromatic rings. The lowest BCUT2D eigenvalue weighted by Crippen LogP contribution is -2.32. The van der Waals surface area contributed by atoms with Crippen LogP contribution in [0.2, 0.25) is 0 Å². The number of carbonyl (C=O) groups excluding carboxylic acids is 2. The van der Waals surface area contributed by atoms with Crippen LogP contribution in [0.5, 0.6) is 0 Å². The fraction of sp³-hybridized carbons (Fsp3) is 0.667. The van der Waals surface area contributed by atoms with Crippen molar-refractivity contribution in [1.29, 1.82) is 0 Å². The van der Waals surface area contributed by atoms with Crippen LogP contribution in [0, 0.1) is 0 Å². The molecule has 10 heavy (non-hydrogen) atoms. The van der Waals surface area contributed by atoms with Gasteiger partial charge in [0.2, 0.25) is 0 Å². The lowest BCUT2D eigenvalue weighted by atomic mass is 10.4. The summed E-state index contributed by atoms with van der Waals surface area (Å²) in [5.41, 5.74) is 0. The van der Waals surface area contributed by atoms with E-state index in [0.29, 0.717) is 0 Å². The minimum Gasteiger partial charge on any atom is -0.279 e. The predicted octanol–water partition coefficient (Wildman–Crippen LogP) is 0.551. The molecular weight excluding hydrogens is 134 g/mol. The Morgan fingerprint density at radius 3 is 1.70 bits per heavy atom. The monoisotopic (exact) mass is 145 g/mol. The highest BCUT2D eigenvalue weighted by molar-refractivity contribution is 5.93. The highest BCUT2D eigenvalue weighted by atomic mass is 16.5. The standard InChI is InChI=1S/C6H11NO3/c1-3-5(8)7(10)6(9)4-2/h10H,3-4H2,1-2H3. The third-order valence-electron chi connectivity index (χ3n) is 1.08. The molecule has 58 valence electrons. The molecule has 0 aliphatic heterocycles. The van der Waals surface area contributed by atoms with Crippen molar-refractivity contribution in [2.75, 3.05) is 0 Å². The van der Waals surface area contributed by atoms with Crippen molar-refractivity contribution in [3.63, 3.8) is 0 Å². The molecule has 0 saturated carbocycles. The molecule has 4 nitrogen and oxygen atoms in total. The van der Waals surface area contributed by atoms with E-state index in [2.05, 4.69) is 0 Å². The molecule has 0 aromatic carbocycles. The molecule has 0 unspecified atom stereocenters. The summed E-state index contributed by atoms with van der Waals surface area (Å²) in [5.74, 6) is -1.13. The van der Waals surface area contributed by atoms with Gasteiger partial charge in [-0.1, -0.05) is 13.8 Å². The van der Waals surface area contributed by atoms with Crippen LogP contribution in [0.3, 0.4) is 0 Å². The average Bonchev–Trinajstić information content (AvgIpc) is 2.00. The lowest BCUT2D eigenvalue weighted by molar-refractivity contribution is -0.178. The Labute approximate surface area is 59.4 Å². The van der Waals surface area contributed by atoms with E-state index in [0.717, 1.165) is 0 Å². The van der Waals surface area contributed by atoms with Crippen LogP contribution in [0.25, 0.3) is 0 Å². The first kappa shape index (κ1) is 9.10. The van der Waals surface area contributed by atoms with Crippen LogP contribution in [-0.4, -0.2) is 22.1 Å². The second-order valence-electron chi connectivity index (χ2n) is 1.81. The Hall–Kier alpha value is -0.900. The molecule has 0 bridgehead atoms. The Balaban J connectivity index is 3.94. The zero-order chi connectivity index (χ0) is 8.15. The molecule has 1 N–H and O–H groups in total. The Kier molecular flexibility index (Phi) is 3.64. The summed E-state index contributed by atoms with van der Waals surface area (Å²) in [7, 11) is 0. The molecule has 0 rings (SSSR count). The van der Waals surface area contributed by atoms with Crippen LogP contribution >= 0.6 is 0 Å². The number of nitrogens with zero attached hydrogens (tertiary/aromatic N) is 1. The van der Waals surface area contributed by atoms with E-state index in [1.165, 1.54) is 0 Å². The largest absolute Gasteiger partial charge is 0.279 e. The summed E-state index contributed by atoms with van der Waals surface area (Å²) >= 11 is 0. The van der Waals surface area contributed by atoms with Gasteiger partial charge in [-0.15, -0.1) is 0 Å². The molecule has 0 atom stereocenters. The zero-order valence-electron chi connectivity index (χ0n) is 6.13. The van der Waals surface area contributed by atoms with Crippen molar-refractivity contribution in [1.82, 2.24) is 5.06 Å². The van der Waals surface area contributed by atoms with Crippen LogP contribution < -0.4 is 0 Å². The molecular formula is C6H11NO3. The molecule has 4 heteroatoms. The van der Waals surface area contributed by atoms with Crippen molar-refractivity contribution in [3.8, 4) is 0 Å². The molecule has 0 aromatic heterocycles. The number of hydroxylamine groups is 2. The number of imide groups is 1. The van der Waals surface area contributed by atoms with Gasteiger partial charge in [-0.25, -0.2) is 0 Å². The maximum atomic E-state index is 10.6. The van der Waals surface area contributed by atoms with Crippen molar-refractivity contribution in [3.05, 3.63) is 0 Å². The smallest absolute Gasteiger partial charge is 0.252 e. The Bertz CT molecular complexity index is 128. The minimum absolute atomic E-state index is 0.141. The third kappa shape index (κ3) is 2.14. The van der Waals surface area contributed by atoms with Gasteiger partial charge in [0.15, 0.2) is 0 Å². The van der Waals surface area contributed by atoms with Gasteiger partial charge in [0.1, 0.15) is 0 Å². The fourth-order valence-corrected chi connectivity index (χ4v) is 0.439. The van der Waals surface area contributed by atoms with Gasteiger partial charge in [0, 0.05) is 12.8 Å². The SMILES string of the molecule is CCC(=O)N(O)C(=O)CC. The van der Waals surface area contributed by atoms with E-state index in [-0.39, 0.29) is 17.9 Å². The van der Waals surface area contributed by atoms with E-state index in [1.807, 2.05) is 0 Å². The fourth-order valence-electron chi connectivity index (χ4n) is 0.439. The summed E-state index contributed by atoms with van der Waals surface area (Å²) in [6.45, 7) is 3.16. The molecule has 0 aliphatic carbocycles. The van der Waals surface area contributed by atoms with Crippen molar-refractivity contribution in [2.45, 2.75) is 26.7 Å². The second kappa shape index (κ2) is 4.00. The number of hydrogen-bond acceptors (Lipinski definition) is 3. The molecule has 0 saturated heterocycles. The lowest BCUT2D eigenvalue weighted by Gasteiger charge is -2.09. The van der Waals surface area contributed by atoms with Crippen molar-refractivity contribution < 1.29 is 14.8 Å². The van der Waals surface area contributed by atoms with Gasteiger partial charge >= 0.3 is 0 Å². The molecule has 0 fully saturated rings. The number of rotatable bonds is 2. The van der Waals surface area contributed by atoms with Gasteiger partial charge in [0.05, 0.1) is 0 Å². The highest BCUT2D eigenvalue weighted by Gasteiger charge is 2.14. The van der Waals surface area contributed by atoms with Gasteiger partial charge in [-0.3, -0.25) is 14.8 Å². The van der Waals surface area contributed by atoms with E-state index in [1.54, 1.807) is 13.8 Å². The summed E-state index contributed by atoms with van der Waals surface area (Å²) in [5, 5.41) is 8.89. The summed E-state index contributed by atoms with van der Waals surface area (Å²) < 4.78 is 0. The molecule has 0 heterocycles. The van der Waals surface area contributed by atoms with Gasteiger partial charge in [-0.05, 0) is 0 Å². The maximum Gasteiger partial charge on any atom is 0.252 e.